The molecule has 0 radical (unpaired) electrons. The van der Waals surface area contributed by atoms with E-state index in [1.165, 1.54) is 29.3 Å². The predicted octanol–water partition coefficient (Wildman–Crippen LogP) is 3.26. The van der Waals surface area contributed by atoms with Crippen molar-refractivity contribution in [1.29, 1.82) is 0 Å². The third-order valence-electron chi connectivity index (χ3n) is 3.66. The summed E-state index contributed by atoms with van der Waals surface area (Å²) in [6.07, 6.45) is 4.47. The standard InChI is InChI=1S/C15H15N3O/c1-10-2-5-13-12(8-10)6-7-18(13)9-14-16-15(17-19-14)11-3-4-11/h2,5-8,11H,3-4,9H2,1H3. The minimum Gasteiger partial charge on any atom is -0.338 e. The summed E-state index contributed by atoms with van der Waals surface area (Å²) in [6.45, 7) is 2.75. The van der Waals surface area contributed by atoms with Crippen molar-refractivity contribution in [1.82, 2.24) is 14.7 Å². The van der Waals surface area contributed by atoms with E-state index in [4.69, 9.17) is 4.52 Å². The summed E-state index contributed by atoms with van der Waals surface area (Å²) in [5.41, 5.74) is 2.48. The third-order valence-corrected chi connectivity index (χ3v) is 3.66. The molecule has 19 heavy (non-hydrogen) atoms. The van der Waals surface area contributed by atoms with Crippen LogP contribution in [-0.2, 0) is 6.54 Å². The molecular weight excluding hydrogens is 238 g/mol. The fourth-order valence-corrected chi connectivity index (χ4v) is 2.44. The molecule has 1 aliphatic carbocycles. The van der Waals surface area contributed by atoms with Crippen LogP contribution in [0.15, 0.2) is 35.0 Å². The molecule has 0 bridgehead atoms. The van der Waals surface area contributed by atoms with Crippen molar-refractivity contribution in [2.24, 2.45) is 0 Å². The first-order chi connectivity index (χ1) is 9.29. The third kappa shape index (κ3) is 1.93. The van der Waals surface area contributed by atoms with Crippen LogP contribution in [0.25, 0.3) is 10.9 Å². The lowest BCUT2D eigenvalue weighted by molar-refractivity contribution is 0.367. The molecule has 1 saturated carbocycles. The normalized spacial score (nSPS) is 15.2. The van der Waals surface area contributed by atoms with Crippen LogP contribution in [0.2, 0.25) is 0 Å². The number of rotatable bonds is 3. The molecule has 4 rings (SSSR count). The SMILES string of the molecule is Cc1ccc2c(ccn2Cc2nc(C3CC3)no2)c1. The highest BCUT2D eigenvalue weighted by Gasteiger charge is 2.28. The van der Waals surface area contributed by atoms with E-state index < -0.39 is 0 Å². The molecule has 0 amide bonds. The number of aryl methyl sites for hydroxylation is 1. The molecule has 4 heteroatoms. The average Bonchev–Trinajstić information content (AvgIpc) is 3.03. The number of benzene rings is 1. The van der Waals surface area contributed by atoms with E-state index in [0.717, 1.165) is 5.82 Å². The van der Waals surface area contributed by atoms with Crippen LogP contribution in [0.1, 0.15) is 36.0 Å². The van der Waals surface area contributed by atoms with Crippen LogP contribution in [0, 0.1) is 6.92 Å². The Bertz CT molecular complexity index is 737. The van der Waals surface area contributed by atoms with Crippen molar-refractivity contribution in [3.63, 3.8) is 0 Å². The Kier molecular flexibility index (Phi) is 2.24. The van der Waals surface area contributed by atoms with Gasteiger partial charge in [0.25, 0.3) is 0 Å². The fourth-order valence-electron chi connectivity index (χ4n) is 2.44. The molecule has 1 aliphatic rings. The number of fused-ring (bicyclic) bond motifs is 1. The number of nitrogens with zero attached hydrogens (tertiary/aromatic N) is 3. The lowest BCUT2D eigenvalue weighted by atomic mass is 10.2. The zero-order chi connectivity index (χ0) is 12.8. The molecule has 3 aromatic rings. The van der Waals surface area contributed by atoms with E-state index >= 15 is 0 Å². The second-order valence-electron chi connectivity index (χ2n) is 5.33. The molecule has 0 atom stereocenters. The molecule has 2 heterocycles. The van der Waals surface area contributed by atoms with E-state index in [2.05, 4.69) is 52.1 Å². The van der Waals surface area contributed by atoms with E-state index in [0.29, 0.717) is 18.4 Å². The molecule has 0 saturated heterocycles. The summed E-state index contributed by atoms with van der Waals surface area (Å²) in [6, 6.07) is 8.58. The van der Waals surface area contributed by atoms with Gasteiger partial charge in [0.1, 0.15) is 6.54 Å². The van der Waals surface area contributed by atoms with Gasteiger partial charge in [0.15, 0.2) is 5.82 Å². The molecule has 0 unspecified atom stereocenters. The van der Waals surface area contributed by atoms with Gasteiger partial charge >= 0.3 is 0 Å². The summed E-state index contributed by atoms with van der Waals surface area (Å²) in [4.78, 5) is 4.47. The van der Waals surface area contributed by atoms with E-state index in [-0.39, 0.29) is 0 Å². The van der Waals surface area contributed by atoms with E-state index in [9.17, 15) is 0 Å². The summed E-state index contributed by atoms with van der Waals surface area (Å²) in [7, 11) is 0. The van der Waals surface area contributed by atoms with E-state index in [1.807, 2.05) is 0 Å². The molecule has 0 spiro atoms. The van der Waals surface area contributed by atoms with Gasteiger partial charge in [0, 0.05) is 17.6 Å². The summed E-state index contributed by atoms with van der Waals surface area (Å²) >= 11 is 0. The molecule has 4 nitrogen and oxygen atoms in total. The lowest BCUT2D eigenvalue weighted by Crippen LogP contribution is -1.98. The molecule has 1 aromatic carbocycles. The van der Waals surface area contributed by atoms with Gasteiger partial charge in [-0.2, -0.15) is 4.98 Å². The number of hydrogen-bond acceptors (Lipinski definition) is 3. The van der Waals surface area contributed by atoms with Crippen LogP contribution in [0.5, 0.6) is 0 Å². The molecule has 0 N–H and O–H groups in total. The maximum absolute atomic E-state index is 5.33. The second-order valence-corrected chi connectivity index (χ2v) is 5.33. The first-order valence-corrected chi connectivity index (χ1v) is 6.67. The maximum atomic E-state index is 5.33. The first kappa shape index (κ1) is 10.8. The van der Waals surface area contributed by atoms with Gasteiger partial charge < -0.3 is 9.09 Å². The Balaban J connectivity index is 1.66. The van der Waals surface area contributed by atoms with Crippen molar-refractivity contribution >= 4 is 10.9 Å². The molecule has 1 fully saturated rings. The highest BCUT2D eigenvalue weighted by Crippen LogP contribution is 2.38. The first-order valence-electron chi connectivity index (χ1n) is 6.67. The molecule has 96 valence electrons. The van der Waals surface area contributed by atoms with Crippen LogP contribution in [0.3, 0.4) is 0 Å². The predicted molar refractivity (Wildman–Crippen MR) is 72.1 cm³/mol. The quantitative estimate of drug-likeness (QED) is 0.719. The van der Waals surface area contributed by atoms with E-state index in [1.54, 1.807) is 0 Å². The smallest absolute Gasteiger partial charge is 0.246 e. The highest BCUT2D eigenvalue weighted by molar-refractivity contribution is 5.80. The summed E-state index contributed by atoms with van der Waals surface area (Å²) in [5.74, 6) is 2.11. The summed E-state index contributed by atoms with van der Waals surface area (Å²) < 4.78 is 7.48. The van der Waals surface area contributed by atoms with Crippen LogP contribution in [0.4, 0.5) is 0 Å². The fraction of sp³-hybridized carbons (Fsp3) is 0.333. The van der Waals surface area contributed by atoms with Crippen molar-refractivity contribution in [3.8, 4) is 0 Å². The van der Waals surface area contributed by atoms with Gasteiger partial charge in [0.05, 0.1) is 0 Å². The Morgan fingerprint density at radius 1 is 1.32 bits per heavy atom. The minimum atomic E-state index is 0.543. The molecular formula is C15H15N3O. The van der Waals surface area contributed by atoms with Crippen molar-refractivity contribution in [2.75, 3.05) is 0 Å². The van der Waals surface area contributed by atoms with Gasteiger partial charge in [-0.3, -0.25) is 0 Å². The topological polar surface area (TPSA) is 43.9 Å². The van der Waals surface area contributed by atoms with Crippen molar-refractivity contribution in [3.05, 3.63) is 47.7 Å². The minimum absolute atomic E-state index is 0.543. The van der Waals surface area contributed by atoms with Crippen LogP contribution >= 0.6 is 0 Å². The number of aromatic nitrogens is 3. The Hall–Kier alpha value is -2.10. The van der Waals surface area contributed by atoms with Crippen LogP contribution in [-0.4, -0.2) is 14.7 Å². The largest absolute Gasteiger partial charge is 0.338 e. The Morgan fingerprint density at radius 2 is 2.21 bits per heavy atom. The van der Waals surface area contributed by atoms with Gasteiger partial charge in [-0.1, -0.05) is 16.8 Å². The Labute approximate surface area is 111 Å². The van der Waals surface area contributed by atoms with Crippen molar-refractivity contribution in [2.45, 2.75) is 32.2 Å². The summed E-state index contributed by atoms with van der Waals surface area (Å²) in [5, 5.41) is 5.31. The molecule has 2 aromatic heterocycles. The van der Waals surface area contributed by atoms with Gasteiger partial charge in [-0.25, -0.2) is 0 Å². The lowest BCUT2D eigenvalue weighted by Gasteiger charge is -2.01. The monoisotopic (exact) mass is 253 g/mol. The van der Waals surface area contributed by atoms with Crippen molar-refractivity contribution < 1.29 is 4.52 Å². The zero-order valence-corrected chi connectivity index (χ0v) is 10.8. The van der Waals surface area contributed by atoms with Crippen LogP contribution < -0.4 is 0 Å². The van der Waals surface area contributed by atoms with Gasteiger partial charge in [0.2, 0.25) is 5.89 Å². The molecule has 0 aliphatic heterocycles. The maximum Gasteiger partial charge on any atom is 0.246 e. The average molecular weight is 253 g/mol. The zero-order valence-electron chi connectivity index (χ0n) is 10.8. The van der Waals surface area contributed by atoms with Gasteiger partial charge in [-0.05, 0) is 43.4 Å². The van der Waals surface area contributed by atoms with Gasteiger partial charge in [-0.15, -0.1) is 0 Å². The Morgan fingerprint density at radius 3 is 3.05 bits per heavy atom. The highest BCUT2D eigenvalue weighted by atomic mass is 16.5. The second kappa shape index (κ2) is 3.95. The number of hydrogen-bond donors (Lipinski definition) is 0.